The molecule has 92 valence electrons. The van der Waals surface area contributed by atoms with E-state index >= 15 is 0 Å². The molecule has 0 saturated heterocycles. The smallest absolute Gasteiger partial charge is 0.138 e. The molecule has 1 saturated carbocycles. The molecular formula is C14H18ClNO. The fourth-order valence-electron chi connectivity index (χ4n) is 1.72. The number of rotatable bonds is 5. The molecule has 2 rings (SSSR count). The van der Waals surface area contributed by atoms with Gasteiger partial charge in [0.05, 0.1) is 5.02 Å². The fourth-order valence-corrected chi connectivity index (χ4v) is 1.97. The maximum absolute atomic E-state index is 6.32. The summed E-state index contributed by atoms with van der Waals surface area (Å²) >= 11 is 6.32. The Balaban J connectivity index is 2.11. The molecule has 0 spiro atoms. The monoisotopic (exact) mass is 251 g/mol. The highest BCUT2D eigenvalue weighted by Gasteiger charge is 2.38. The van der Waals surface area contributed by atoms with Gasteiger partial charge in [-0.15, -0.1) is 0 Å². The lowest BCUT2D eigenvalue weighted by Gasteiger charge is -2.14. The molecular weight excluding hydrogens is 234 g/mol. The molecule has 2 N–H and O–H groups in total. The molecule has 1 aliphatic carbocycles. The Morgan fingerprint density at radius 1 is 1.53 bits per heavy atom. The number of ether oxygens (including phenoxy) is 1. The van der Waals surface area contributed by atoms with Crippen molar-refractivity contribution in [3.05, 3.63) is 40.9 Å². The van der Waals surface area contributed by atoms with Crippen molar-refractivity contribution < 1.29 is 4.74 Å². The minimum Gasteiger partial charge on any atom is -0.488 e. The van der Waals surface area contributed by atoms with Gasteiger partial charge >= 0.3 is 0 Å². The van der Waals surface area contributed by atoms with Crippen molar-refractivity contribution in [3.8, 4) is 5.75 Å². The number of hydrogen-bond acceptors (Lipinski definition) is 2. The number of nitrogens with two attached hydrogens (primary N) is 1. The highest BCUT2D eigenvalue weighted by molar-refractivity contribution is 6.32. The minimum atomic E-state index is -0.0311. The van der Waals surface area contributed by atoms with Gasteiger partial charge in [-0.05, 0) is 43.4 Å². The molecule has 0 atom stereocenters. The van der Waals surface area contributed by atoms with Gasteiger partial charge in [0.15, 0.2) is 0 Å². The molecule has 0 heterocycles. The summed E-state index contributed by atoms with van der Waals surface area (Å²) in [4.78, 5) is 0. The standard InChI is InChI=1S/C14H18ClNO/c1-10(2)9-17-12-5-3-4-11(13(12)15)8-14(16)6-7-14/h3-5H,1,6-9,16H2,2H3. The molecule has 0 unspecified atom stereocenters. The molecule has 1 aromatic rings. The van der Waals surface area contributed by atoms with E-state index in [1.165, 1.54) is 0 Å². The zero-order valence-electron chi connectivity index (χ0n) is 10.1. The van der Waals surface area contributed by atoms with E-state index in [0.717, 1.165) is 36.1 Å². The lowest BCUT2D eigenvalue weighted by Crippen LogP contribution is -2.24. The highest BCUT2D eigenvalue weighted by atomic mass is 35.5. The van der Waals surface area contributed by atoms with Crippen molar-refractivity contribution in [3.63, 3.8) is 0 Å². The van der Waals surface area contributed by atoms with E-state index in [0.29, 0.717) is 11.6 Å². The maximum atomic E-state index is 6.32. The van der Waals surface area contributed by atoms with Crippen LogP contribution in [0.25, 0.3) is 0 Å². The van der Waals surface area contributed by atoms with Crippen LogP contribution in [0.4, 0.5) is 0 Å². The van der Waals surface area contributed by atoms with Crippen LogP contribution in [0, 0.1) is 0 Å². The van der Waals surface area contributed by atoms with Crippen molar-refractivity contribution in [1.29, 1.82) is 0 Å². The third-order valence-electron chi connectivity index (χ3n) is 2.95. The molecule has 17 heavy (non-hydrogen) atoms. The lowest BCUT2D eigenvalue weighted by atomic mass is 10.0. The Bertz CT molecular complexity index is 438. The van der Waals surface area contributed by atoms with Crippen LogP contribution in [0.1, 0.15) is 25.3 Å². The quantitative estimate of drug-likeness (QED) is 0.815. The van der Waals surface area contributed by atoms with Crippen molar-refractivity contribution >= 4 is 11.6 Å². The molecule has 2 nitrogen and oxygen atoms in total. The van der Waals surface area contributed by atoms with E-state index in [1.54, 1.807) is 0 Å². The third-order valence-corrected chi connectivity index (χ3v) is 3.38. The van der Waals surface area contributed by atoms with Crippen LogP contribution in [0.2, 0.25) is 5.02 Å². The van der Waals surface area contributed by atoms with Crippen LogP contribution in [0.15, 0.2) is 30.4 Å². The van der Waals surface area contributed by atoms with Gasteiger partial charge in [0, 0.05) is 5.54 Å². The van der Waals surface area contributed by atoms with Gasteiger partial charge in [0.1, 0.15) is 12.4 Å². The van der Waals surface area contributed by atoms with Crippen LogP contribution in [0.5, 0.6) is 5.75 Å². The second kappa shape index (κ2) is 4.71. The van der Waals surface area contributed by atoms with Crippen molar-refractivity contribution in [2.24, 2.45) is 5.73 Å². The number of halogens is 1. The van der Waals surface area contributed by atoms with Crippen LogP contribution < -0.4 is 10.5 Å². The first-order valence-electron chi connectivity index (χ1n) is 5.84. The normalized spacial score (nSPS) is 16.6. The Morgan fingerprint density at radius 2 is 2.24 bits per heavy atom. The zero-order valence-corrected chi connectivity index (χ0v) is 10.9. The summed E-state index contributed by atoms with van der Waals surface area (Å²) in [6.45, 7) is 6.23. The second-order valence-corrected chi connectivity index (χ2v) is 5.39. The van der Waals surface area contributed by atoms with Gasteiger partial charge in [-0.3, -0.25) is 0 Å². The predicted octanol–water partition coefficient (Wildman–Crippen LogP) is 3.33. The van der Waals surface area contributed by atoms with Crippen LogP contribution in [-0.2, 0) is 6.42 Å². The highest BCUT2D eigenvalue weighted by Crippen LogP contribution is 2.39. The Labute approximate surface area is 107 Å². The first-order valence-corrected chi connectivity index (χ1v) is 6.21. The second-order valence-electron chi connectivity index (χ2n) is 5.01. The number of benzene rings is 1. The molecule has 0 radical (unpaired) electrons. The van der Waals surface area contributed by atoms with E-state index in [4.69, 9.17) is 22.1 Å². The molecule has 1 aliphatic rings. The van der Waals surface area contributed by atoms with Gasteiger partial charge in [0.25, 0.3) is 0 Å². The SMILES string of the molecule is C=C(C)COc1cccc(CC2(N)CC2)c1Cl. The molecule has 0 amide bonds. The summed E-state index contributed by atoms with van der Waals surface area (Å²) in [5.74, 6) is 0.719. The lowest BCUT2D eigenvalue weighted by molar-refractivity contribution is 0.352. The van der Waals surface area contributed by atoms with Gasteiger partial charge in [-0.25, -0.2) is 0 Å². The fraction of sp³-hybridized carbons (Fsp3) is 0.429. The Hall–Kier alpha value is -0.990. The summed E-state index contributed by atoms with van der Waals surface area (Å²) in [7, 11) is 0. The van der Waals surface area contributed by atoms with Crippen molar-refractivity contribution in [2.75, 3.05) is 6.61 Å². The van der Waals surface area contributed by atoms with Crippen LogP contribution >= 0.6 is 11.6 Å². The molecule has 0 bridgehead atoms. The number of hydrogen-bond donors (Lipinski definition) is 1. The summed E-state index contributed by atoms with van der Waals surface area (Å²) in [6.07, 6.45) is 3.00. The van der Waals surface area contributed by atoms with E-state index in [1.807, 2.05) is 25.1 Å². The summed E-state index contributed by atoms with van der Waals surface area (Å²) in [5, 5.41) is 0.686. The van der Waals surface area contributed by atoms with E-state index < -0.39 is 0 Å². The van der Waals surface area contributed by atoms with E-state index in [9.17, 15) is 0 Å². The largest absolute Gasteiger partial charge is 0.488 e. The third kappa shape index (κ3) is 3.24. The van der Waals surface area contributed by atoms with Gasteiger partial charge in [0.2, 0.25) is 0 Å². The van der Waals surface area contributed by atoms with Crippen molar-refractivity contribution in [1.82, 2.24) is 0 Å². The first kappa shape index (κ1) is 12.5. The Morgan fingerprint density at radius 3 is 2.82 bits per heavy atom. The van der Waals surface area contributed by atoms with Gasteiger partial charge in [-0.2, -0.15) is 0 Å². The summed E-state index contributed by atoms with van der Waals surface area (Å²) in [6, 6.07) is 5.86. The average Bonchev–Trinajstić information content (AvgIpc) is 2.98. The van der Waals surface area contributed by atoms with E-state index in [-0.39, 0.29) is 5.54 Å². The molecule has 0 aromatic heterocycles. The van der Waals surface area contributed by atoms with Crippen LogP contribution in [0.3, 0.4) is 0 Å². The minimum absolute atomic E-state index is 0.0311. The average molecular weight is 252 g/mol. The van der Waals surface area contributed by atoms with Gasteiger partial charge < -0.3 is 10.5 Å². The summed E-state index contributed by atoms with van der Waals surface area (Å²) < 4.78 is 5.60. The zero-order chi connectivity index (χ0) is 12.5. The predicted molar refractivity (Wildman–Crippen MR) is 71.6 cm³/mol. The maximum Gasteiger partial charge on any atom is 0.138 e. The van der Waals surface area contributed by atoms with Gasteiger partial charge in [-0.1, -0.05) is 30.3 Å². The summed E-state index contributed by atoms with van der Waals surface area (Å²) in [5.41, 5.74) is 8.13. The first-order chi connectivity index (χ1) is 8.00. The topological polar surface area (TPSA) is 35.2 Å². The van der Waals surface area contributed by atoms with E-state index in [2.05, 4.69) is 6.58 Å². The molecule has 0 aliphatic heterocycles. The molecule has 3 heteroatoms. The Kier molecular flexibility index (Phi) is 3.45. The molecule has 1 aromatic carbocycles. The van der Waals surface area contributed by atoms with Crippen molar-refractivity contribution in [2.45, 2.75) is 31.7 Å². The molecule has 1 fully saturated rings. The van der Waals surface area contributed by atoms with Crippen LogP contribution in [-0.4, -0.2) is 12.1 Å².